The third-order valence-electron chi connectivity index (χ3n) is 5.73. The lowest BCUT2D eigenvalue weighted by Gasteiger charge is -2.08. The first-order valence-electron chi connectivity index (χ1n) is 9.99. The number of para-hydroxylation sites is 1. The Morgan fingerprint density at radius 1 is 1.03 bits per heavy atom. The van der Waals surface area contributed by atoms with Crippen molar-refractivity contribution in [2.45, 2.75) is 20.8 Å². The van der Waals surface area contributed by atoms with Crippen LogP contribution in [0, 0.1) is 20.8 Å². The summed E-state index contributed by atoms with van der Waals surface area (Å²) in [6.07, 6.45) is 3.35. The largest absolute Gasteiger partial charge is 0.472 e. The predicted octanol–water partition coefficient (Wildman–Crippen LogP) is 5.28. The number of nitrogens with zero attached hydrogens (tertiary/aromatic N) is 4. The maximum Gasteiger partial charge on any atom is 0.295 e. The van der Waals surface area contributed by atoms with E-state index < -0.39 is 0 Å². The summed E-state index contributed by atoms with van der Waals surface area (Å²) in [5, 5.41) is 2.96. The van der Waals surface area contributed by atoms with Crippen molar-refractivity contribution >= 4 is 11.3 Å². The third-order valence-corrected chi connectivity index (χ3v) is 6.62. The molecule has 0 aliphatic rings. The van der Waals surface area contributed by atoms with E-state index in [0.717, 1.165) is 44.6 Å². The molecule has 7 heteroatoms. The number of furan rings is 1. The van der Waals surface area contributed by atoms with Crippen molar-refractivity contribution in [3.8, 4) is 33.2 Å². The molecule has 0 N–H and O–H groups in total. The van der Waals surface area contributed by atoms with Crippen molar-refractivity contribution in [3.63, 3.8) is 0 Å². The Hall–Kier alpha value is -3.58. The molecule has 0 fully saturated rings. The number of hydrogen-bond donors (Lipinski definition) is 0. The molecule has 0 saturated carbocycles. The molecule has 0 atom stereocenters. The second-order valence-electron chi connectivity index (χ2n) is 7.58. The van der Waals surface area contributed by atoms with Crippen LogP contribution in [0.2, 0.25) is 0 Å². The van der Waals surface area contributed by atoms with Gasteiger partial charge in [0, 0.05) is 34.9 Å². The van der Waals surface area contributed by atoms with Crippen LogP contribution in [0.5, 0.6) is 0 Å². The van der Waals surface area contributed by atoms with E-state index in [1.165, 1.54) is 0 Å². The summed E-state index contributed by atoms with van der Waals surface area (Å²) in [5.74, 6) is 0. The Morgan fingerprint density at radius 2 is 1.81 bits per heavy atom. The zero-order valence-electron chi connectivity index (χ0n) is 17.8. The Balaban J connectivity index is 1.66. The Labute approximate surface area is 183 Å². The highest BCUT2D eigenvalue weighted by molar-refractivity contribution is 7.13. The number of benzene rings is 1. The number of thiazole rings is 1. The van der Waals surface area contributed by atoms with Crippen LogP contribution >= 0.6 is 11.3 Å². The molecule has 5 aromatic rings. The molecule has 0 saturated heterocycles. The van der Waals surface area contributed by atoms with E-state index in [-0.39, 0.29) is 5.56 Å². The smallest absolute Gasteiger partial charge is 0.295 e. The predicted molar refractivity (Wildman–Crippen MR) is 123 cm³/mol. The van der Waals surface area contributed by atoms with Gasteiger partial charge < -0.3 is 8.98 Å². The van der Waals surface area contributed by atoms with Crippen molar-refractivity contribution < 1.29 is 4.42 Å². The van der Waals surface area contributed by atoms with Gasteiger partial charge in [0.2, 0.25) is 0 Å². The van der Waals surface area contributed by atoms with E-state index in [2.05, 4.69) is 11.4 Å². The molecule has 4 heterocycles. The summed E-state index contributed by atoms with van der Waals surface area (Å²) >= 11 is 1.58. The van der Waals surface area contributed by atoms with Crippen LogP contribution in [0.25, 0.3) is 33.2 Å². The third kappa shape index (κ3) is 3.00. The molecule has 0 bridgehead atoms. The lowest BCUT2D eigenvalue weighted by atomic mass is 10.2. The molecule has 0 aliphatic carbocycles. The van der Waals surface area contributed by atoms with E-state index >= 15 is 0 Å². The van der Waals surface area contributed by atoms with Crippen molar-refractivity contribution in [2.24, 2.45) is 7.05 Å². The standard InChI is InChI=1S/C24H22N4O2S/c1-15-12-20(21-14-31-23(25-21)18-10-11-30-13-18)16(2)27(15)22-17(3)26(4)28(24(22)29)19-8-6-5-7-9-19/h5-14H,1-4H3. The minimum atomic E-state index is -0.0445. The van der Waals surface area contributed by atoms with E-state index in [9.17, 15) is 4.79 Å². The summed E-state index contributed by atoms with van der Waals surface area (Å²) in [4.78, 5) is 18.3. The molecular weight excluding hydrogens is 408 g/mol. The number of aryl methyl sites for hydroxylation is 1. The van der Waals surface area contributed by atoms with Crippen molar-refractivity contribution in [2.75, 3.05) is 0 Å². The van der Waals surface area contributed by atoms with Gasteiger partial charge >= 0.3 is 0 Å². The van der Waals surface area contributed by atoms with Crippen LogP contribution in [-0.4, -0.2) is 18.9 Å². The summed E-state index contributed by atoms with van der Waals surface area (Å²) in [5.41, 5.74) is 7.25. The number of rotatable bonds is 4. The van der Waals surface area contributed by atoms with Crippen LogP contribution in [-0.2, 0) is 7.05 Å². The highest BCUT2D eigenvalue weighted by Gasteiger charge is 2.23. The molecule has 5 rings (SSSR count). The topological polar surface area (TPSA) is 57.9 Å². The van der Waals surface area contributed by atoms with Gasteiger partial charge in [-0.25, -0.2) is 9.67 Å². The van der Waals surface area contributed by atoms with Crippen molar-refractivity contribution in [3.05, 3.63) is 87.8 Å². The monoisotopic (exact) mass is 430 g/mol. The van der Waals surface area contributed by atoms with Crippen LogP contribution in [0.3, 0.4) is 0 Å². The van der Waals surface area contributed by atoms with Gasteiger partial charge in [0.25, 0.3) is 5.56 Å². The second-order valence-corrected chi connectivity index (χ2v) is 8.44. The maximum absolute atomic E-state index is 13.5. The lowest BCUT2D eigenvalue weighted by molar-refractivity contribution is 0.568. The van der Waals surface area contributed by atoms with Crippen LogP contribution in [0.1, 0.15) is 17.1 Å². The zero-order chi connectivity index (χ0) is 21.7. The Morgan fingerprint density at radius 3 is 2.52 bits per heavy atom. The van der Waals surface area contributed by atoms with Gasteiger partial charge in [-0.15, -0.1) is 11.3 Å². The van der Waals surface area contributed by atoms with Gasteiger partial charge in [0.05, 0.1) is 23.3 Å². The number of hydrogen-bond acceptors (Lipinski definition) is 4. The fourth-order valence-electron chi connectivity index (χ4n) is 4.09. The summed E-state index contributed by atoms with van der Waals surface area (Å²) in [6, 6.07) is 13.7. The van der Waals surface area contributed by atoms with Gasteiger partial charge in [-0.1, -0.05) is 18.2 Å². The van der Waals surface area contributed by atoms with E-state index in [0.29, 0.717) is 5.69 Å². The molecule has 6 nitrogen and oxygen atoms in total. The average Bonchev–Trinajstić information content (AvgIpc) is 3.54. The molecule has 31 heavy (non-hydrogen) atoms. The first-order chi connectivity index (χ1) is 15.0. The van der Waals surface area contributed by atoms with Gasteiger partial charge in [-0.05, 0) is 45.0 Å². The summed E-state index contributed by atoms with van der Waals surface area (Å²) in [7, 11) is 1.92. The average molecular weight is 431 g/mol. The maximum atomic E-state index is 13.5. The highest BCUT2D eigenvalue weighted by Crippen LogP contribution is 2.33. The van der Waals surface area contributed by atoms with Crippen LogP contribution in [0.4, 0.5) is 0 Å². The Kier molecular flexibility index (Phi) is 4.55. The number of aromatic nitrogens is 4. The molecular formula is C24H22N4O2S. The Bertz CT molecular complexity index is 1430. The lowest BCUT2D eigenvalue weighted by Crippen LogP contribution is -2.21. The van der Waals surface area contributed by atoms with Gasteiger partial charge in [0.1, 0.15) is 17.0 Å². The summed E-state index contributed by atoms with van der Waals surface area (Å²) < 4.78 is 10.9. The normalized spacial score (nSPS) is 11.4. The fourth-order valence-corrected chi connectivity index (χ4v) is 4.90. The molecule has 0 amide bonds. The highest BCUT2D eigenvalue weighted by atomic mass is 32.1. The summed E-state index contributed by atoms with van der Waals surface area (Å²) in [6.45, 7) is 6.05. The first kappa shape index (κ1) is 19.4. The van der Waals surface area contributed by atoms with E-state index in [4.69, 9.17) is 9.40 Å². The fraction of sp³-hybridized carbons (Fsp3) is 0.167. The quantitative estimate of drug-likeness (QED) is 0.390. The minimum Gasteiger partial charge on any atom is -0.472 e. The molecule has 0 radical (unpaired) electrons. The van der Waals surface area contributed by atoms with Gasteiger partial charge in [-0.3, -0.25) is 9.48 Å². The molecule has 4 aromatic heterocycles. The zero-order valence-corrected chi connectivity index (χ0v) is 18.6. The SMILES string of the molecule is Cc1cc(-c2csc(-c3ccoc3)n2)c(C)n1-c1c(C)n(C)n(-c2ccccc2)c1=O. The minimum absolute atomic E-state index is 0.0445. The molecule has 0 spiro atoms. The van der Waals surface area contributed by atoms with Gasteiger partial charge in [0.15, 0.2) is 0 Å². The molecule has 156 valence electrons. The molecule has 0 aliphatic heterocycles. The van der Waals surface area contributed by atoms with Crippen LogP contribution in [0.15, 0.2) is 69.6 Å². The molecule has 1 aromatic carbocycles. The van der Waals surface area contributed by atoms with E-state index in [1.807, 2.05) is 73.5 Å². The van der Waals surface area contributed by atoms with Gasteiger partial charge in [-0.2, -0.15) is 0 Å². The van der Waals surface area contributed by atoms with Crippen LogP contribution < -0.4 is 5.56 Å². The van der Waals surface area contributed by atoms with Crippen molar-refractivity contribution in [1.82, 2.24) is 18.9 Å². The van der Waals surface area contributed by atoms with Crippen molar-refractivity contribution in [1.29, 1.82) is 0 Å². The molecule has 0 unspecified atom stereocenters. The van der Waals surface area contributed by atoms with E-state index in [1.54, 1.807) is 28.5 Å². The second kappa shape index (κ2) is 7.28. The first-order valence-corrected chi connectivity index (χ1v) is 10.9.